The lowest BCUT2D eigenvalue weighted by Crippen LogP contribution is -2.34. The maximum absolute atomic E-state index is 5.19. The lowest BCUT2D eigenvalue weighted by Gasteiger charge is -2.26. The van der Waals surface area contributed by atoms with Crippen LogP contribution in [0.4, 0.5) is 0 Å². The van der Waals surface area contributed by atoms with Crippen LogP contribution in [-0.2, 0) is 0 Å². The zero-order chi connectivity index (χ0) is 7.40. The van der Waals surface area contributed by atoms with Crippen molar-refractivity contribution in [3.63, 3.8) is 0 Å². The van der Waals surface area contributed by atoms with Gasteiger partial charge in [-0.25, -0.2) is 0 Å². The Labute approximate surface area is 61.9 Å². The smallest absolute Gasteiger partial charge is 0.0801 e. The molecule has 0 spiro atoms. The Bertz CT molecular complexity index is 122. The highest BCUT2D eigenvalue weighted by Crippen LogP contribution is 2.10. The lowest BCUT2D eigenvalue weighted by molar-refractivity contribution is 0.253. The van der Waals surface area contributed by atoms with E-state index in [1.54, 1.807) is 0 Å². The quantitative estimate of drug-likeness (QED) is 0.414. The number of nitrogens with two attached hydrogens (primary N) is 1. The summed E-state index contributed by atoms with van der Waals surface area (Å²) in [4.78, 5) is 6.44. The second-order valence-corrected chi connectivity index (χ2v) is 2.86. The van der Waals surface area contributed by atoms with Gasteiger partial charge in [-0.2, -0.15) is 0 Å². The van der Waals surface area contributed by atoms with Crippen LogP contribution in [0.1, 0.15) is 12.8 Å². The number of likely N-dealkylation sites (tertiary alicyclic amines) is 1. The number of piperidine rings is 1. The molecule has 10 heavy (non-hydrogen) atoms. The molecule has 0 aromatic carbocycles. The van der Waals surface area contributed by atoms with E-state index >= 15 is 0 Å². The highest BCUT2D eigenvalue weighted by Gasteiger charge is 2.14. The molecule has 1 aliphatic heterocycles. The van der Waals surface area contributed by atoms with E-state index in [0.29, 0.717) is 6.04 Å². The third-order valence-electron chi connectivity index (χ3n) is 1.90. The fourth-order valence-electron chi connectivity index (χ4n) is 1.38. The summed E-state index contributed by atoms with van der Waals surface area (Å²) in [5.41, 5.74) is 5.19. The molecule has 1 heterocycles. The molecule has 1 unspecified atom stereocenters. The first-order valence-electron chi connectivity index (χ1n) is 3.75. The monoisotopic (exact) mass is 141 g/mol. The normalized spacial score (nSPS) is 29.5. The van der Waals surface area contributed by atoms with Gasteiger partial charge in [0, 0.05) is 6.54 Å². The van der Waals surface area contributed by atoms with Gasteiger partial charge in [0.15, 0.2) is 0 Å². The van der Waals surface area contributed by atoms with Crippen molar-refractivity contribution in [2.24, 2.45) is 10.7 Å². The van der Waals surface area contributed by atoms with E-state index in [1.807, 2.05) is 0 Å². The number of hydrogen-bond donors (Lipinski definition) is 1. The summed E-state index contributed by atoms with van der Waals surface area (Å²) in [5.74, 6) is 0. The topological polar surface area (TPSA) is 41.6 Å². The maximum atomic E-state index is 5.19. The SMILES string of the molecule is CN1CCCC(N=CN)C1. The number of hydrogen-bond acceptors (Lipinski definition) is 2. The maximum Gasteiger partial charge on any atom is 0.0801 e. The van der Waals surface area contributed by atoms with Gasteiger partial charge in [0.2, 0.25) is 0 Å². The second-order valence-electron chi connectivity index (χ2n) is 2.86. The van der Waals surface area contributed by atoms with Crippen LogP contribution in [0.15, 0.2) is 4.99 Å². The van der Waals surface area contributed by atoms with Gasteiger partial charge in [-0.3, -0.25) is 4.99 Å². The Morgan fingerprint density at radius 1 is 1.70 bits per heavy atom. The number of aliphatic imine (C=N–C) groups is 1. The molecule has 0 aliphatic carbocycles. The van der Waals surface area contributed by atoms with Gasteiger partial charge in [-0.05, 0) is 26.4 Å². The zero-order valence-corrected chi connectivity index (χ0v) is 6.45. The van der Waals surface area contributed by atoms with Crippen LogP contribution in [0.2, 0.25) is 0 Å². The van der Waals surface area contributed by atoms with E-state index in [2.05, 4.69) is 16.9 Å². The molecule has 0 radical (unpaired) electrons. The molecular weight excluding hydrogens is 126 g/mol. The third kappa shape index (κ3) is 1.99. The molecule has 1 fully saturated rings. The molecule has 0 amide bonds. The van der Waals surface area contributed by atoms with Crippen molar-refractivity contribution < 1.29 is 0 Å². The fraction of sp³-hybridized carbons (Fsp3) is 0.857. The Balaban J connectivity index is 2.32. The zero-order valence-electron chi connectivity index (χ0n) is 6.45. The molecule has 0 bridgehead atoms. The molecular formula is C7H15N3. The summed E-state index contributed by atoms with van der Waals surface area (Å²) in [5, 5.41) is 0. The molecule has 2 N–H and O–H groups in total. The van der Waals surface area contributed by atoms with Gasteiger partial charge >= 0.3 is 0 Å². The molecule has 3 heteroatoms. The Kier molecular flexibility index (Phi) is 2.68. The van der Waals surface area contributed by atoms with Crippen LogP contribution in [0.5, 0.6) is 0 Å². The van der Waals surface area contributed by atoms with E-state index in [9.17, 15) is 0 Å². The van der Waals surface area contributed by atoms with Gasteiger partial charge in [0.05, 0.1) is 12.4 Å². The van der Waals surface area contributed by atoms with Crippen molar-refractivity contribution in [3.05, 3.63) is 0 Å². The average Bonchev–Trinajstić information content (AvgIpc) is 1.88. The van der Waals surface area contributed by atoms with E-state index in [-0.39, 0.29) is 0 Å². The van der Waals surface area contributed by atoms with Gasteiger partial charge < -0.3 is 10.6 Å². The first-order valence-corrected chi connectivity index (χ1v) is 3.75. The summed E-state index contributed by atoms with van der Waals surface area (Å²) in [6.45, 7) is 2.27. The summed E-state index contributed by atoms with van der Waals surface area (Å²) in [7, 11) is 2.12. The van der Waals surface area contributed by atoms with Crippen molar-refractivity contribution in [2.75, 3.05) is 20.1 Å². The highest BCUT2D eigenvalue weighted by molar-refractivity contribution is 5.51. The summed E-state index contributed by atoms with van der Waals surface area (Å²) >= 11 is 0. The highest BCUT2D eigenvalue weighted by atomic mass is 15.1. The summed E-state index contributed by atoms with van der Waals surface area (Å²) in [6, 6.07) is 0.448. The van der Waals surface area contributed by atoms with Crippen LogP contribution in [0, 0.1) is 0 Å². The predicted octanol–water partition coefficient (Wildman–Crippen LogP) is 0.0676. The molecule has 1 atom stereocenters. The lowest BCUT2D eigenvalue weighted by atomic mass is 10.1. The van der Waals surface area contributed by atoms with Crippen LogP contribution < -0.4 is 5.73 Å². The Morgan fingerprint density at radius 2 is 2.50 bits per heavy atom. The largest absolute Gasteiger partial charge is 0.390 e. The molecule has 1 aliphatic rings. The molecule has 0 aromatic heterocycles. The average molecular weight is 141 g/mol. The number of likely N-dealkylation sites (N-methyl/N-ethyl adjacent to an activating group) is 1. The van der Waals surface area contributed by atoms with Crippen molar-refractivity contribution in [1.82, 2.24) is 4.90 Å². The molecule has 1 saturated heterocycles. The minimum atomic E-state index is 0.448. The molecule has 0 saturated carbocycles. The molecule has 3 nitrogen and oxygen atoms in total. The van der Waals surface area contributed by atoms with E-state index in [1.165, 1.54) is 25.7 Å². The predicted molar refractivity (Wildman–Crippen MR) is 43.2 cm³/mol. The standard InChI is InChI=1S/C7H15N3/c1-10-4-2-3-7(5-10)9-6-8/h6-7H,2-5H2,1H3,(H2,8,9). The van der Waals surface area contributed by atoms with Crippen LogP contribution in [-0.4, -0.2) is 37.4 Å². The van der Waals surface area contributed by atoms with E-state index in [4.69, 9.17) is 5.73 Å². The Hall–Kier alpha value is -0.570. The fourth-order valence-corrected chi connectivity index (χ4v) is 1.38. The van der Waals surface area contributed by atoms with Crippen molar-refractivity contribution in [2.45, 2.75) is 18.9 Å². The van der Waals surface area contributed by atoms with Gasteiger partial charge in [-0.15, -0.1) is 0 Å². The van der Waals surface area contributed by atoms with Crippen molar-refractivity contribution >= 4 is 6.34 Å². The van der Waals surface area contributed by atoms with Crippen LogP contribution >= 0.6 is 0 Å². The third-order valence-corrected chi connectivity index (χ3v) is 1.90. The van der Waals surface area contributed by atoms with Crippen molar-refractivity contribution in [1.29, 1.82) is 0 Å². The summed E-state index contributed by atoms with van der Waals surface area (Å²) in [6.07, 6.45) is 3.86. The van der Waals surface area contributed by atoms with Crippen LogP contribution in [0.25, 0.3) is 0 Å². The van der Waals surface area contributed by atoms with Crippen molar-refractivity contribution in [3.8, 4) is 0 Å². The second kappa shape index (κ2) is 3.56. The Morgan fingerprint density at radius 3 is 3.10 bits per heavy atom. The van der Waals surface area contributed by atoms with Gasteiger partial charge in [-0.1, -0.05) is 0 Å². The van der Waals surface area contributed by atoms with Gasteiger partial charge in [0.25, 0.3) is 0 Å². The molecule has 58 valence electrons. The van der Waals surface area contributed by atoms with E-state index < -0.39 is 0 Å². The molecule has 0 aromatic rings. The minimum absolute atomic E-state index is 0.448. The van der Waals surface area contributed by atoms with E-state index in [0.717, 1.165) is 6.54 Å². The first-order chi connectivity index (χ1) is 4.83. The molecule has 1 rings (SSSR count). The first kappa shape index (κ1) is 7.54. The number of nitrogens with zero attached hydrogens (tertiary/aromatic N) is 2. The van der Waals surface area contributed by atoms with Crippen LogP contribution in [0.3, 0.4) is 0 Å². The van der Waals surface area contributed by atoms with Gasteiger partial charge in [0.1, 0.15) is 0 Å². The summed E-state index contributed by atoms with van der Waals surface area (Å²) < 4.78 is 0. The number of rotatable bonds is 1. The minimum Gasteiger partial charge on any atom is -0.390 e.